The summed E-state index contributed by atoms with van der Waals surface area (Å²) < 4.78 is 44.5. The quantitative estimate of drug-likeness (QED) is 0.844. The van der Waals surface area contributed by atoms with E-state index in [0.717, 1.165) is 6.20 Å². The second kappa shape index (κ2) is 4.24. The van der Waals surface area contributed by atoms with Crippen molar-refractivity contribution in [2.24, 2.45) is 0 Å². The van der Waals surface area contributed by atoms with Crippen molar-refractivity contribution < 1.29 is 22.6 Å². The van der Waals surface area contributed by atoms with E-state index in [9.17, 15) is 13.2 Å². The number of alkyl halides is 3. The summed E-state index contributed by atoms with van der Waals surface area (Å²) in [5.74, 6) is 0.0972. The highest BCUT2D eigenvalue weighted by Crippen LogP contribution is 2.24. The maximum atomic E-state index is 11.8. The number of hydrogen-bond acceptors (Lipinski definition) is 4. The van der Waals surface area contributed by atoms with Gasteiger partial charge in [-0.25, -0.2) is 4.98 Å². The molecule has 0 fully saturated rings. The lowest BCUT2D eigenvalue weighted by Gasteiger charge is -2.10. The van der Waals surface area contributed by atoms with Crippen LogP contribution in [0.15, 0.2) is 12.3 Å². The van der Waals surface area contributed by atoms with Crippen LogP contribution < -0.4 is 15.2 Å². The third-order valence-corrected chi connectivity index (χ3v) is 1.45. The zero-order valence-electron chi connectivity index (χ0n) is 7.84. The van der Waals surface area contributed by atoms with E-state index in [1.807, 2.05) is 0 Å². The van der Waals surface area contributed by atoms with E-state index in [1.165, 1.54) is 13.2 Å². The Morgan fingerprint density at radius 1 is 1.47 bits per heavy atom. The predicted octanol–water partition coefficient (Wildman–Crippen LogP) is 1.61. The van der Waals surface area contributed by atoms with Crippen LogP contribution in [0.1, 0.15) is 0 Å². The Morgan fingerprint density at radius 2 is 2.13 bits per heavy atom. The molecule has 4 nitrogen and oxygen atoms in total. The molecule has 0 spiro atoms. The molecular formula is C8H9F3N2O2. The van der Waals surface area contributed by atoms with Crippen molar-refractivity contribution in [1.29, 1.82) is 0 Å². The van der Waals surface area contributed by atoms with Gasteiger partial charge in [-0.1, -0.05) is 0 Å². The summed E-state index contributed by atoms with van der Waals surface area (Å²) in [6.45, 7) is -1.37. The molecule has 0 radical (unpaired) electrons. The zero-order chi connectivity index (χ0) is 11.5. The summed E-state index contributed by atoms with van der Waals surface area (Å²) in [4.78, 5) is 3.66. The van der Waals surface area contributed by atoms with Crippen LogP contribution in [0.2, 0.25) is 0 Å². The van der Waals surface area contributed by atoms with Gasteiger partial charge in [0.2, 0.25) is 5.88 Å². The van der Waals surface area contributed by atoms with Crippen molar-refractivity contribution in [3.8, 4) is 11.6 Å². The largest absolute Gasteiger partial charge is 0.482 e. The molecule has 84 valence electrons. The van der Waals surface area contributed by atoms with Crippen LogP contribution in [0.5, 0.6) is 11.6 Å². The molecule has 1 rings (SSSR count). The van der Waals surface area contributed by atoms with Crippen LogP contribution >= 0.6 is 0 Å². The van der Waals surface area contributed by atoms with E-state index in [-0.39, 0.29) is 17.3 Å². The summed E-state index contributed by atoms with van der Waals surface area (Å²) in [6.07, 6.45) is -3.27. The molecule has 0 atom stereocenters. The molecule has 7 heteroatoms. The van der Waals surface area contributed by atoms with Gasteiger partial charge < -0.3 is 15.2 Å². The van der Waals surface area contributed by atoms with Crippen LogP contribution in [-0.4, -0.2) is 24.9 Å². The second-order valence-electron chi connectivity index (χ2n) is 2.67. The van der Waals surface area contributed by atoms with Gasteiger partial charge >= 0.3 is 6.18 Å². The molecule has 0 aliphatic heterocycles. The van der Waals surface area contributed by atoms with E-state index < -0.39 is 12.8 Å². The number of ether oxygens (including phenoxy) is 2. The minimum Gasteiger partial charge on any atom is -0.482 e. The van der Waals surface area contributed by atoms with Crippen molar-refractivity contribution in [1.82, 2.24) is 4.98 Å². The van der Waals surface area contributed by atoms with Crippen molar-refractivity contribution in [2.75, 3.05) is 19.5 Å². The molecule has 1 heterocycles. The van der Waals surface area contributed by atoms with Crippen LogP contribution in [0.4, 0.5) is 18.9 Å². The summed E-state index contributed by atoms with van der Waals surface area (Å²) in [5.41, 5.74) is 5.54. The highest BCUT2D eigenvalue weighted by molar-refractivity contribution is 5.51. The Kier molecular flexibility index (Phi) is 3.23. The maximum absolute atomic E-state index is 11.8. The first-order valence-corrected chi connectivity index (χ1v) is 3.91. The Labute approximate surface area is 83.8 Å². The van der Waals surface area contributed by atoms with E-state index in [4.69, 9.17) is 10.5 Å². The van der Waals surface area contributed by atoms with Gasteiger partial charge in [-0.05, 0) is 0 Å². The smallest absolute Gasteiger partial charge is 0.422 e. The number of nitrogen functional groups attached to an aromatic ring is 1. The normalized spacial score (nSPS) is 11.2. The number of rotatable bonds is 3. The van der Waals surface area contributed by atoms with Gasteiger partial charge in [-0.15, -0.1) is 0 Å². The highest BCUT2D eigenvalue weighted by Gasteiger charge is 2.28. The van der Waals surface area contributed by atoms with E-state index in [0.29, 0.717) is 0 Å². The lowest BCUT2D eigenvalue weighted by Crippen LogP contribution is -2.19. The highest BCUT2D eigenvalue weighted by atomic mass is 19.4. The Balaban J connectivity index is 2.68. The molecule has 0 unspecified atom stereocenters. The fourth-order valence-electron chi connectivity index (χ4n) is 0.864. The number of nitrogens with zero attached hydrogens (tertiary/aromatic N) is 1. The molecule has 0 saturated carbocycles. The standard InChI is InChI=1S/C8H9F3N2O2/c1-14-7-6(12)2-5(3-13-7)15-4-8(9,10)11/h2-3H,4,12H2,1H3. The average molecular weight is 222 g/mol. The van der Waals surface area contributed by atoms with Crippen LogP contribution in [0.25, 0.3) is 0 Å². The fraction of sp³-hybridized carbons (Fsp3) is 0.375. The average Bonchev–Trinajstić information content (AvgIpc) is 2.14. The van der Waals surface area contributed by atoms with Crippen molar-refractivity contribution in [3.05, 3.63) is 12.3 Å². The van der Waals surface area contributed by atoms with Crippen molar-refractivity contribution >= 4 is 5.69 Å². The number of hydrogen-bond donors (Lipinski definition) is 1. The SMILES string of the molecule is COc1ncc(OCC(F)(F)F)cc1N. The third-order valence-electron chi connectivity index (χ3n) is 1.45. The summed E-state index contributed by atoms with van der Waals surface area (Å²) >= 11 is 0. The maximum Gasteiger partial charge on any atom is 0.422 e. The monoisotopic (exact) mass is 222 g/mol. The molecule has 1 aromatic rings. The number of halogens is 3. The molecular weight excluding hydrogens is 213 g/mol. The lowest BCUT2D eigenvalue weighted by atomic mass is 10.4. The number of anilines is 1. The number of aromatic nitrogens is 1. The van der Waals surface area contributed by atoms with E-state index >= 15 is 0 Å². The summed E-state index contributed by atoms with van der Waals surface area (Å²) in [6, 6.07) is 1.22. The van der Waals surface area contributed by atoms with Crippen molar-refractivity contribution in [2.45, 2.75) is 6.18 Å². The molecule has 0 aliphatic carbocycles. The van der Waals surface area contributed by atoms with Gasteiger partial charge in [-0.2, -0.15) is 13.2 Å². The first-order chi connectivity index (χ1) is 6.92. The van der Waals surface area contributed by atoms with Crippen LogP contribution in [-0.2, 0) is 0 Å². The molecule has 15 heavy (non-hydrogen) atoms. The lowest BCUT2D eigenvalue weighted by molar-refractivity contribution is -0.153. The molecule has 0 aliphatic rings. The molecule has 2 N–H and O–H groups in total. The number of nitrogens with two attached hydrogens (primary N) is 1. The topological polar surface area (TPSA) is 57.4 Å². The van der Waals surface area contributed by atoms with Crippen LogP contribution in [0.3, 0.4) is 0 Å². The molecule has 0 aromatic carbocycles. The molecule has 0 bridgehead atoms. The van der Waals surface area contributed by atoms with E-state index in [1.54, 1.807) is 0 Å². The fourth-order valence-corrected chi connectivity index (χ4v) is 0.864. The number of methoxy groups -OCH3 is 1. The van der Waals surface area contributed by atoms with Crippen molar-refractivity contribution in [3.63, 3.8) is 0 Å². The number of pyridine rings is 1. The second-order valence-corrected chi connectivity index (χ2v) is 2.67. The van der Waals surface area contributed by atoms with Gasteiger partial charge in [0.05, 0.1) is 19.0 Å². The molecule has 0 amide bonds. The predicted molar refractivity (Wildman–Crippen MR) is 46.8 cm³/mol. The first-order valence-electron chi connectivity index (χ1n) is 3.91. The third kappa shape index (κ3) is 3.53. The molecule has 0 saturated heterocycles. The molecule has 1 aromatic heterocycles. The van der Waals surface area contributed by atoms with Crippen LogP contribution in [0, 0.1) is 0 Å². The van der Waals surface area contributed by atoms with Gasteiger partial charge in [0.15, 0.2) is 6.61 Å². The van der Waals surface area contributed by atoms with Gasteiger partial charge in [0.25, 0.3) is 0 Å². The minimum absolute atomic E-state index is 0.0503. The van der Waals surface area contributed by atoms with Gasteiger partial charge in [0.1, 0.15) is 5.75 Å². The minimum atomic E-state index is -4.38. The summed E-state index contributed by atoms with van der Waals surface area (Å²) in [7, 11) is 1.36. The Morgan fingerprint density at radius 3 is 2.60 bits per heavy atom. The van der Waals surface area contributed by atoms with Gasteiger partial charge in [0, 0.05) is 6.07 Å². The van der Waals surface area contributed by atoms with Gasteiger partial charge in [-0.3, -0.25) is 0 Å². The Hall–Kier alpha value is -1.66. The zero-order valence-corrected chi connectivity index (χ0v) is 7.84. The summed E-state index contributed by atoms with van der Waals surface area (Å²) in [5, 5.41) is 0. The first kappa shape index (κ1) is 11.4. The van der Waals surface area contributed by atoms with E-state index in [2.05, 4.69) is 9.72 Å². The Bertz CT molecular complexity index is 341.